The van der Waals surface area contributed by atoms with Gasteiger partial charge in [-0.2, -0.15) is 0 Å². The van der Waals surface area contributed by atoms with Gasteiger partial charge in [0.1, 0.15) is 5.54 Å². The van der Waals surface area contributed by atoms with Crippen LogP contribution in [0.5, 0.6) is 0 Å². The van der Waals surface area contributed by atoms with Gasteiger partial charge in [0, 0.05) is 0 Å². The topological polar surface area (TPSA) is 40.5 Å². The van der Waals surface area contributed by atoms with Crippen molar-refractivity contribution in [3.63, 3.8) is 0 Å². The molecule has 0 aromatic rings. The summed E-state index contributed by atoms with van der Waals surface area (Å²) in [7, 11) is 0. The molecule has 16 heavy (non-hydrogen) atoms. The summed E-state index contributed by atoms with van der Waals surface area (Å²) < 4.78 is 0. The monoisotopic (exact) mass is 227 g/mol. The zero-order valence-electron chi connectivity index (χ0n) is 10.7. The van der Waals surface area contributed by atoms with Crippen molar-refractivity contribution in [1.29, 1.82) is 0 Å². The second-order valence-electron chi connectivity index (χ2n) is 4.83. The van der Waals surface area contributed by atoms with Crippen LogP contribution in [0.25, 0.3) is 0 Å². The largest absolute Gasteiger partial charge is 0.480 e. The fourth-order valence-corrected chi connectivity index (χ4v) is 2.87. The van der Waals surface area contributed by atoms with Gasteiger partial charge in [-0.1, -0.05) is 39.5 Å². The molecule has 1 rings (SSSR count). The van der Waals surface area contributed by atoms with Crippen molar-refractivity contribution in [2.24, 2.45) is 0 Å². The molecule has 3 heteroatoms. The van der Waals surface area contributed by atoms with Gasteiger partial charge in [0.2, 0.25) is 0 Å². The summed E-state index contributed by atoms with van der Waals surface area (Å²) in [4.78, 5) is 13.7. The maximum Gasteiger partial charge on any atom is 0.324 e. The lowest BCUT2D eigenvalue weighted by molar-refractivity contribution is -0.150. The van der Waals surface area contributed by atoms with Crippen molar-refractivity contribution >= 4 is 5.97 Å². The number of rotatable bonds is 7. The molecule has 94 valence electrons. The highest BCUT2D eigenvalue weighted by atomic mass is 16.4. The van der Waals surface area contributed by atoms with Crippen LogP contribution in [0.2, 0.25) is 0 Å². The molecule has 1 saturated heterocycles. The molecular weight excluding hydrogens is 202 g/mol. The summed E-state index contributed by atoms with van der Waals surface area (Å²) in [5.41, 5.74) is -0.539. The standard InChI is InChI=1S/C13H25NO2/c1-3-5-6-7-9-13(12(15)16)10-8-11-14(13)4-2/h3-11H2,1-2H3,(H,15,16)/t13-/m0/s1. The van der Waals surface area contributed by atoms with Crippen molar-refractivity contribution in [3.05, 3.63) is 0 Å². The molecule has 1 atom stereocenters. The van der Waals surface area contributed by atoms with Gasteiger partial charge in [-0.05, 0) is 32.4 Å². The Labute approximate surface area is 98.8 Å². The molecule has 0 aliphatic carbocycles. The minimum absolute atomic E-state index is 0.539. The van der Waals surface area contributed by atoms with Gasteiger partial charge in [0.05, 0.1) is 0 Å². The number of nitrogens with zero attached hydrogens (tertiary/aromatic N) is 1. The Morgan fingerprint density at radius 1 is 1.31 bits per heavy atom. The van der Waals surface area contributed by atoms with Crippen LogP contribution >= 0.6 is 0 Å². The van der Waals surface area contributed by atoms with Gasteiger partial charge in [0.25, 0.3) is 0 Å². The molecule has 3 nitrogen and oxygen atoms in total. The van der Waals surface area contributed by atoms with E-state index in [2.05, 4.69) is 18.7 Å². The first-order chi connectivity index (χ1) is 7.67. The predicted molar refractivity (Wildman–Crippen MR) is 65.6 cm³/mol. The van der Waals surface area contributed by atoms with Crippen LogP contribution in [0.4, 0.5) is 0 Å². The van der Waals surface area contributed by atoms with Crippen molar-refractivity contribution in [2.45, 2.75) is 64.3 Å². The smallest absolute Gasteiger partial charge is 0.324 e. The van der Waals surface area contributed by atoms with E-state index < -0.39 is 11.5 Å². The Balaban J connectivity index is 2.55. The summed E-state index contributed by atoms with van der Waals surface area (Å²) in [6.07, 6.45) is 7.35. The lowest BCUT2D eigenvalue weighted by Crippen LogP contribution is -2.50. The molecule has 0 amide bonds. The second kappa shape index (κ2) is 6.24. The molecule has 0 radical (unpaired) electrons. The molecule has 0 spiro atoms. The molecule has 0 saturated carbocycles. The Morgan fingerprint density at radius 2 is 2.06 bits per heavy atom. The number of hydrogen-bond acceptors (Lipinski definition) is 2. The van der Waals surface area contributed by atoms with Crippen molar-refractivity contribution < 1.29 is 9.90 Å². The number of hydrogen-bond donors (Lipinski definition) is 1. The Morgan fingerprint density at radius 3 is 2.62 bits per heavy atom. The maximum absolute atomic E-state index is 11.5. The van der Waals surface area contributed by atoms with E-state index in [1.54, 1.807) is 0 Å². The number of carbonyl (C=O) groups is 1. The van der Waals surface area contributed by atoms with Crippen LogP contribution in [-0.2, 0) is 4.79 Å². The average Bonchev–Trinajstić information content (AvgIpc) is 2.68. The van der Waals surface area contributed by atoms with E-state index in [0.717, 1.165) is 38.8 Å². The fourth-order valence-electron chi connectivity index (χ4n) is 2.87. The third kappa shape index (κ3) is 2.76. The summed E-state index contributed by atoms with van der Waals surface area (Å²) in [5.74, 6) is -0.608. The molecule has 1 fully saturated rings. The molecule has 1 aliphatic rings. The van der Waals surface area contributed by atoms with E-state index in [4.69, 9.17) is 0 Å². The molecular formula is C13H25NO2. The van der Waals surface area contributed by atoms with E-state index in [-0.39, 0.29) is 0 Å². The molecule has 1 heterocycles. The van der Waals surface area contributed by atoms with Gasteiger partial charge in [0.15, 0.2) is 0 Å². The van der Waals surface area contributed by atoms with Gasteiger partial charge >= 0.3 is 5.97 Å². The van der Waals surface area contributed by atoms with Gasteiger partial charge in [-0.25, -0.2) is 0 Å². The van der Waals surface area contributed by atoms with Crippen molar-refractivity contribution in [2.75, 3.05) is 13.1 Å². The highest BCUT2D eigenvalue weighted by Gasteiger charge is 2.45. The Hall–Kier alpha value is -0.570. The first kappa shape index (κ1) is 13.5. The van der Waals surface area contributed by atoms with Gasteiger partial charge in [-0.15, -0.1) is 0 Å². The average molecular weight is 227 g/mol. The first-order valence-corrected chi connectivity index (χ1v) is 6.66. The molecule has 1 aliphatic heterocycles. The van der Waals surface area contributed by atoms with Crippen molar-refractivity contribution in [3.8, 4) is 0 Å². The summed E-state index contributed by atoms with van der Waals surface area (Å²) >= 11 is 0. The number of aliphatic carboxylic acids is 1. The van der Waals surface area contributed by atoms with Crippen LogP contribution in [0, 0.1) is 0 Å². The fraction of sp³-hybridized carbons (Fsp3) is 0.923. The Bertz CT molecular complexity index is 230. The quantitative estimate of drug-likeness (QED) is 0.680. The zero-order chi connectivity index (χ0) is 12.0. The molecule has 1 N–H and O–H groups in total. The highest BCUT2D eigenvalue weighted by molar-refractivity contribution is 5.79. The lowest BCUT2D eigenvalue weighted by Gasteiger charge is -2.34. The molecule has 0 aromatic heterocycles. The molecule has 0 aromatic carbocycles. The highest BCUT2D eigenvalue weighted by Crippen LogP contribution is 2.34. The summed E-state index contributed by atoms with van der Waals surface area (Å²) in [6, 6.07) is 0. The van der Waals surface area contributed by atoms with Gasteiger partial charge in [-0.3, -0.25) is 9.69 Å². The van der Waals surface area contributed by atoms with E-state index in [1.165, 1.54) is 19.3 Å². The summed E-state index contributed by atoms with van der Waals surface area (Å²) in [6.45, 7) is 6.06. The number of unbranched alkanes of at least 4 members (excludes halogenated alkanes) is 3. The SMILES string of the molecule is CCCCCC[C@@]1(C(=O)O)CCCN1CC. The van der Waals surface area contributed by atoms with Crippen molar-refractivity contribution in [1.82, 2.24) is 4.90 Å². The number of likely N-dealkylation sites (tertiary alicyclic amines) is 1. The lowest BCUT2D eigenvalue weighted by atomic mass is 9.89. The van der Waals surface area contributed by atoms with E-state index in [0.29, 0.717) is 0 Å². The normalized spacial score (nSPS) is 26.1. The van der Waals surface area contributed by atoms with Crippen LogP contribution in [-0.4, -0.2) is 34.6 Å². The minimum atomic E-state index is -0.608. The predicted octanol–water partition coefficient (Wildman–Crippen LogP) is 2.90. The minimum Gasteiger partial charge on any atom is -0.480 e. The van der Waals surface area contributed by atoms with E-state index in [1.807, 2.05) is 0 Å². The van der Waals surface area contributed by atoms with Crippen LogP contribution in [0.15, 0.2) is 0 Å². The van der Waals surface area contributed by atoms with Crippen LogP contribution in [0.1, 0.15) is 58.8 Å². The number of likely N-dealkylation sites (N-methyl/N-ethyl adjacent to an activating group) is 1. The van der Waals surface area contributed by atoms with E-state index >= 15 is 0 Å². The van der Waals surface area contributed by atoms with E-state index in [9.17, 15) is 9.90 Å². The first-order valence-electron chi connectivity index (χ1n) is 6.66. The third-order valence-corrected chi connectivity index (χ3v) is 3.85. The second-order valence-corrected chi connectivity index (χ2v) is 4.83. The van der Waals surface area contributed by atoms with Gasteiger partial charge < -0.3 is 5.11 Å². The van der Waals surface area contributed by atoms with Crippen LogP contribution in [0.3, 0.4) is 0 Å². The molecule has 0 unspecified atom stereocenters. The molecule has 0 bridgehead atoms. The number of carboxylic acid groups (broad SMARTS) is 1. The Kier molecular flexibility index (Phi) is 5.26. The third-order valence-electron chi connectivity index (χ3n) is 3.85. The van der Waals surface area contributed by atoms with Crippen LogP contribution < -0.4 is 0 Å². The maximum atomic E-state index is 11.5. The number of carboxylic acids is 1. The summed E-state index contributed by atoms with van der Waals surface area (Å²) in [5, 5.41) is 9.48. The zero-order valence-corrected chi connectivity index (χ0v) is 10.7.